The van der Waals surface area contributed by atoms with Gasteiger partial charge in [0, 0.05) is 18.2 Å². The fourth-order valence-electron chi connectivity index (χ4n) is 0.736. The Labute approximate surface area is 88.4 Å². The van der Waals surface area contributed by atoms with Gasteiger partial charge in [0.05, 0.1) is 11.3 Å². The fraction of sp³-hybridized carbons (Fsp3) is 0.167. The molecule has 0 amide bonds. The fourth-order valence-corrected chi connectivity index (χ4v) is 0.736. The van der Waals surface area contributed by atoms with Crippen LogP contribution in [-0.2, 0) is 0 Å². The van der Waals surface area contributed by atoms with Gasteiger partial charge in [-0.05, 0) is 0 Å². The number of hydrogen-bond acceptors (Lipinski definition) is 2. The van der Waals surface area contributed by atoms with Crippen LogP contribution in [0.3, 0.4) is 0 Å². The lowest BCUT2D eigenvalue weighted by Gasteiger charge is -1.94. The molecule has 0 aromatic carbocycles. The Hall–Kier alpha value is -1.96. The summed E-state index contributed by atoms with van der Waals surface area (Å²) in [5.41, 5.74) is 8.72. The second kappa shape index (κ2) is 5.81. The summed E-state index contributed by atoms with van der Waals surface area (Å²) in [6, 6.07) is 0. The third-order valence-corrected chi connectivity index (χ3v) is 1.31. The molecule has 5 nitrogen and oxygen atoms in total. The molecular formula is C6H6BF4N3O2. The molecule has 0 fully saturated rings. The lowest BCUT2D eigenvalue weighted by Crippen LogP contribution is -2.04. The zero-order valence-corrected chi connectivity index (χ0v) is 7.69. The standard InChI is InChI=1S/C6H5N3O2.BF4/c7-8-5-1-3-6(4-2-5)9(10)11;2-1(3,4)5/h1,3-4H,2H2;/q;-1/p+1. The summed E-state index contributed by atoms with van der Waals surface area (Å²) in [5.74, 6) is 0. The maximum Gasteiger partial charge on any atom is 1.00 e. The molecule has 0 aromatic heterocycles. The molecule has 0 unspecified atom stereocenters. The third kappa shape index (κ3) is 7.45. The van der Waals surface area contributed by atoms with Gasteiger partial charge in [-0.15, -0.1) is 0 Å². The van der Waals surface area contributed by atoms with Crippen molar-refractivity contribution in [2.24, 2.45) is 0 Å². The van der Waals surface area contributed by atoms with E-state index >= 15 is 0 Å². The van der Waals surface area contributed by atoms with E-state index in [9.17, 15) is 27.4 Å². The van der Waals surface area contributed by atoms with Crippen LogP contribution in [-0.4, -0.2) is 22.7 Å². The normalized spacial score (nSPS) is 14.5. The molecular weight excluding hydrogens is 233 g/mol. The Morgan fingerprint density at radius 2 is 1.94 bits per heavy atom. The lowest BCUT2D eigenvalue weighted by molar-refractivity contribution is -0.419. The van der Waals surface area contributed by atoms with Crippen LogP contribution in [0.25, 0.3) is 5.53 Å². The van der Waals surface area contributed by atoms with E-state index in [2.05, 4.69) is 4.79 Å². The Morgan fingerprint density at radius 1 is 1.44 bits per heavy atom. The Bertz CT molecular complexity index is 383. The zero-order chi connectivity index (χ0) is 12.8. The number of nitro groups is 1. The SMILES string of the molecule is F[B-](F)(F)F.[H+].[N-]=[N+]=C1C=CC([N+](=O)[O-])=CC1. The van der Waals surface area contributed by atoms with Crippen molar-refractivity contribution in [1.82, 2.24) is 0 Å². The molecule has 0 aromatic rings. The van der Waals surface area contributed by atoms with Gasteiger partial charge in [0.2, 0.25) is 0 Å². The number of nitrogens with zero attached hydrogens (tertiary/aromatic N) is 3. The molecule has 0 N–H and O–H groups in total. The molecule has 0 spiro atoms. The van der Waals surface area contributed by atoms with Gasteiger partial charge in [-0.2, -0.15) is 4.79 Å². The molecule has 1 rings (SSSR count). The average molecular weight is 239 g/mol. The maximum atomic E-state index is 10.1. The van der Waals surface area contributed by atoms with Crippen LogP contribution < -0.4 is 0 Å². The second-order valence-electron chi connectivity index (χ2n) is 2.51. The average Bonchev–Trinajstić information content (AvgIpc) is 2.15. The van der Waals surface area contributed by atoms with E-state index in [0.29, 0.717) is 12.1 Å². The minimum atomic E-state index is -6.00. The molecule has 0 heterocycles. The maximum absolute atomic E-state index is 10.1. The summed E-state index contributed by atoms with van der Waals surface area (Å²) >= 11 is 0. The van der Waals surface area contributed by atoms with E-state index in [1.807, 2.05) is 0 Å². The highest BCUT2D eigenvalue weighted by atomic mass is 19.5. The highest BCUT2D eigenvalue weighted by Gasteiger charge is 2.20. The summed E-state index contributed by atoms with van der Waals surface area (Å²) in [5, 5.41) is 10.1. The van der Waals surface area contributed by atoms with Crippen LogP contribution in [0.1, 0.15) is 7.85 Å². The first-order valence-corrected chi connectivity index (χ1v) is 3.85. The largest absolute Gasteiger partial charge is 1.00 e. The van der Waals surface area contributed by atoms with Crippen LogP contribution in [0, 0.1) is 10.1 Å². The first-order chi connectivity index (χ1) is 7.24. The molecule has 1 aliphatic rings. The van der Waals surface area contributed by atoms with Gasteiger partial charge in [-0.3, -0.25) is 10.1 Å². The van der Waals surface area contributed by atoms with Crippen LogP contribution in [0.5, 0.6) is 0 Å². The third-order valence-electron chi connectivity index (χ3n) is 1.31. The monoisotopic (exact) mass is 239 g/mol. The summed E-state index contributed by atoms with van der Waals surface area (Å²) in [6.07, 6.45) is 4.43. The van der Waals surface area contributed by atoms with Gasteiger partial charge >= 0.3 is 8.68 Å². The Kier molecular flexibility index (Phi) is 5.10. The molecule has 0 saturated carbocycles. The molecule has 0 bridgehead atoms. The van der Waals surface area contributed by atoms with Crippen molar-refractivity contribution in [3.05, 3.63) is 39.6 Å². The van der Waals surface area contributed by atoms with E-state index in [0.717, 1.165) is 0 Å². The molecule has 16 heavy (non-hydrogen) atoms. The molecule has 0 saturated heterocycles. The van der Waals surface area contributed by atoms with E-state index in [4.69, 9.17) is 5.53 Å². The number of hydrogen-bond donors (Lipinski definition) is 0. The van der Waals surface area contributed by atoms with Crippen molar-refractivity contribution < 1.29 is 28.4 Å². The second-order valence-corrected chi connectivity index (χ2v) is 2.51. The van der Waals surface area contributed by atoms with Crippen LogP contribution in [0.2, 0.25) is 0 Å². The summed E-state index contributed by atoms with van der Waals surface area (Å²) in [6.45, 7) is 0. The quantitative estimate of drug-likeness (QED) is 0.175. The van der Waals surface area contributed by atoms with Gasteiger partial charge in [0.25, 0.3) is 11.4 Å². The van der Waals surface area contributed by atoms with Gasteiger partial charge in [-0.1, -0.05) is 0 Å². The molecule has 0 aliphatic heterocycles. The van der Waals surface area contributed by atoms with Crippen LogP contribution >= 0.6 is 0 Å². The van der Waals surface area contributed by atoms with E-state index in [-0.39, 0.29) is 7.12 Å². The zero-order valence-electron chi connectivity index (χ0n) is 8.69. The number of rotatable bonds is 1. The molecule has 88 valence electrons. The minimum Gasteiger partial charge on any atom is -0.418 e. The van der Waals surface area contributed by atoms with Crippen LogP contribution in [0.15, 0.2) is 23.9 Å². The lowest BCUT2D eigenvalue weighted by atomic mass is 10.1. The van der Waals surface area contributed by atoms with Crippen molar-refractivity contribution in [1.29, 1.82) is 0 Å². The van der Waals surface area contributed by atoms with Crippen molar-refractivity contribution in [3.63, 3.8) is 0 Å². The number of halogens is 4. The predicted octanol–water partition coefficient (Wildman–Crippen LogP) is 2.19. The van der Waals surface area contributed by atoms with E-state index < -0.39 is 12.2 Å². The van der Waals surface area contributed by atoms with E-state index in [1.54, 1.807) is 0 Å². The van der Waals surface area contributed by atoms with Gasteiger partial charge in [0.15, 0.2) is 0 Å². The van der Waals surface area contributed by atoms with Crippen molar-refractivity contribution in [2.75, 3.05) is 0 Å². The van der Waals surface area contributed by atoms with Crippen molar-refractivity contribution in [3.8, 4) is 0 Å². The molecule has 10 heteroatoms. The minimum absolute atomic E-state index is 0. The topological polar surface area (TPSA) is 79.5 Å². The van der Waals surface area contributed by atoms with Gasteiger partial charge < -0.3 is 22.8 Å². The Morgan fingerprint density at radius 3 is 2.19 bits per heavy atom. The molecule has 0 atom stereocenters. The van der Waals surface area contributed by atoms with Gasteiger partial charge in [0.1, 0.15) is 0 Å². The first-order valence-electron chi connectivity index (χ1n) is 3.85. The first kappa shape index (κ1) is 14.0. The van der Waals surface area contributed by atoms with E-state index in [1.165, 1.54) is 18.2 Å². The van der Waals surface area contributed by atoms with Crippen molar-refractivity contribution in [2.45, 2.75) is 6.42 Å². The smallest absolute Gasteiger partial charge is 0.418 e. The summed E-state index contributed by atoms with van der Waals surface area (Å²) in [7, 11) is -6.00. The van der Waals surface area contributed by atoms with Crippen LogP contribution in [0.4, 0.5) is 17.3 Å². The predicted molar refractivity (Wildman–Crippen MR) is 48.8 cm³/mol. The summed E-state index contributed by atoms with van der Waals surface area (Å²) in [4.78, 5) is 12.6. The molecule has 0 radical (unpaired) electrons. The molecule has 1 aliphatic carbocycles. The van der Waals surface area contributed by atoms with Crippen molar-refractivity contribution >= 4 is 13.0 Å². The van der Waals surface area contributed by atoms with Gasteiger partial charge in [-0.25, -0.2) is 0 Å². The summed E-state index contributed by atoms with van der Waals surface area (Å²) < 4.78 is 39.0. The highest BCUT2D eigenvalue weighted by molar-refractivity contribution is 6.50. The Balaban J connectivity index is 0. The highest BCUT2D eigenvalue weighted by Crippen LogP contribution is 2.07. The number of allylic oxidation sites excluding steroid dienone is 3.